The summed E-state index contributed by atoms with van der Waals surface area (Å²) < 4.78 is 5.37. The van der Waals surface area contributed by atoms with Gasteiger partial charge in [-0.3, -0.25) is 4.79 Å². The Morgan fingerprint density at radius 1 is 1.29 bits per heavy atom. The van der Waals surface area contributed by atoms with E-state index >= 15 is 0 Å². The molecule has 0 fully saturated rings. The summed E-state index contributed by atoms with van der Waals surface area (Å²) in [6.45, 7) is 4.04. The molecule has 0 aliphatic heterocycles. The second-order valence-electron chi connectivity index (χ2n) is 3.80. The molecule has 88 valence electrons. The van der Waals surface area contributed by atoms with Crippen LogP contribution in [0, 0.1) is 13.8 Å². The van der Waals surface area contributed by atoms with Crippen LogP contribution in [0.5, 0.6) is 0 Å². The third-order valence-electron chi connectivity index (χ3n) is 2.51. The Labute approximate surface area is 99.7 Å². The second kappa shape index (κ2) is 4.82. The number of aryl methyl sites for hydroxylation is 2. The Bertz CT molecular complexity index is 498. The smallest absolute Gasteiger partial charge is 0.251 e. The maximum atomic E-state index is 11.7. The largest absolute Gasteiger partial charge is 0.444 e. The number of nitrogens with zero attached hydrogens (tertiary/aromatic N) is 1. The number of carbonyl (C=O) groups is 1. The average molecular weight is 230 g/mol. The van der Waals surface area contributed by atoms with Gasteiger partial charge in [0.15, 0.2) is 0 Å². The summed E-state index contributed by atoms with van der Waals surface area (Å²) in [6.07, 6.45) is 0. The van der Waals surface area contributed by atoms with E-state index in [1.807, 2.05) is 32.0 Å². The Hall–Kier alpha value is -2.10. The van der Waals surface area contributed by atoms with Crippen molar-refractivity contribution in [3.8, 4) is 0 Å². The standard InChI is InChI=1S/C13H14N2O2/c1-9-10(2)17-12(15-9)8-14-13(16)11-6-4-3-5-7-11/h3-7H,8H2,1-2H3,(H,14,16). The van der Waals surface area contributed by atoms with Crippen LogP contribution in [0.3, 0.4) is 0 Å². The Balaban J connectivity index is 1.97. The fourth-order valence-electron chi connectivity index (χ4n) is 1.46. The molecule has 4 nitrogen and oxygen atoms in total. The fourth-order valence-corrected chi connectivity index (χ4v) is 1.46. The highest BCUT2D eigenvalue weighted by Crippen LogP contribution is 2.08. The molecule has 0 bridgehead atoms. The number of nitrogens with one attached hydrogen (secondary N) is 1. The fraction of sp³-hybridized carbons (Fsp3) is 0.231. The summed E-state index contributed by atoms with van der Waals surface area (Å²) in [7, 11) is 0. The monoisotopic (exact) mass is 230 g/mol. The van der Waals surface area contributed by atoms with E-state index in [2.05, 4.69) is 10.3 Å². The Morgan fingerprint density at radius 3 is 2.59 bits per heavy atom. The lowest BCUT2D eigenvalue weighted by Crippen LogP contribution is -2.22. The highest BCUT2D eigenvalue weighted by molar-refractivity contribution is 5.93. The van der Waals surface area contributed by atoms with E-state index in [1.54, 1.807) is 12.1 Å². The molecule has 17 heavy (non-hydrogen) atoms. The quantitative estimate of drug-likeness (QED) is 0.879. The van der Waals surface area contributed by atoms with Crippen LogP contribution in [0.15, 0.2) is 34.7 Å². The van der Waals surface area contributed by atoms with E-state index in [0.717, 1.165) is 11.5 Å². The van der Waals surface area contributed by atoms with Gasteiger partial charge < -0.3 is 9.73 Å². The van der Waals surface area contributed by atoms with E-state index in [-0.39, 0.29) is 5.91 Å². The predicted molar refractivity (Wildman–Crippen MR) is 63.6 cm³/mol. The van der Waals surface area contributed by atoms with Gasteiger partial charge in [0.1, 0.15) is 5.76 Å². The molecule has 0 aliphatic carbocycles. The van der Waals surface area contributed by atoms with E-state index in [9.17, 15) is 4.79 Å². The lowest BCUT2D eigenvalue weighted by molar-refractivity contribution is 0.0947. The summed E-state index contributed by atoms with van der Waals surface area (Å²) in [5, 5.41) is 2.76. The van der Waals surface area contributed by atoms with Gasteiger partial charge in [0.2, 0.25) is 5.89 Å². The molecule has 4 heteroatoms. The number of hydrogen-bond donors (Lipinski definition) is 1. The molecular formula is C13H14N2O2. The molecule has 0 saturated carbocycles. The predicted octanol–water partition coefficient (Wildman–Crippen LogP) is 2.22. The topological polar surface area (TPSA) is 55.1 Å². The minimum absolute atomic E-state index is 0.126. The van der Waals surface area contributed by atoms with Crippen LogP contribution in [-0.2, 0) is 6.54 Å². The van der Waals surface area contributed by atoms with Crippen LogP contribution in [0.4, 0.5) is 0 Å². The van der Waals surface area contributed by atoms with Crippen LogP contribution < -0.4 is 5.32 Å². The highest BCUT2D eigenvalue weighted by atomic mass is 16.4. The van der Waals surface area contributed by atoms with Crippen molar-refractivity contribution in [1.82, 2.24) is 10.3 Å². The molecule has 1 amide bonds. The summed E-state index contributed by atoms with van der Waals surface area (Å²) in [5.74, 6) is 1.19. The van der Waals surface area contributed by atoms with Crippen LogP contribution in [0.25, 0.3) is 0 Å². The third kappa shape index (κ3) is 2.72. The zero-order valence-corrected chi connectivity index (χ0v) is 9.86. The van der Waals surface area contributed by atoms with Gasteiger partial charge in [-0.2, -0.15) is 0 Å². The lowest BCUT2D eigenvalue weighted by Gasteiger charge is -2.01. The number of aromatic nitrogens is 1. The molecule has 0 spiro atoms. The molecule has 0 radical (unpaired) electrons. The molecule has 1 aromatic carbocycles. The second-order valence-corrected chi connectivity index (χ2v) is 3.80. The number of rotatable bonds is 3. The Morgan fingerprint density at radius 2 is 2.00 bits per heavy atom. The zero-order chi connectivity index (χ0) is 12.3. The van der Waals surface area contributed by atoms with E-state index in [0.29, 0.717) is 18.0 Å². The lowest BCUT2D eigenvalue weighted by atomic mass is 10.2. The molecule has 1 heterocycles. The average Bonchev–Trinajstić information content (AvgIpc) is 2.67. The highest BCUT2D eigenvalue weighted by Gasteiger charge is 2.08. The molecule has 0 unspecified atom stereocenters. The molecule has 2 rings (SSSR count). The van der Waals surface area contributed by atoms with Crippen LogP contribution in [-0.4, -0.2) is 10.9 Å². The van der Waals surface area contributed by atoms with Crippen molar-refractivity contribution in [3.05, 3.63) is 53.2 Å². The minimum atomic E-state index is -0.126. The van der Waals surface area contributed by atoms with Crippen LogP contribution >= 0.6 is 0 Å². The first kappa shape index (κ1) is 11.4. The van der Waals surface area contributed by atoms with Gasteiger partial charge in [0.05, 0.1) is 12.2 Å². The van der Waals surface area contributed by atoms with Crippen molar-refractivity contribution in [2.24, 2.45) is 0 Å². The summed E-state index contributed by atoms with van der Waals surface area (Å²) in [6, 6.07) is 9.06. The van der Waals surface area contributed by atoms with E-state index in [1.165, 1.54) is 0 Å². The normalized spacial score (nSPS) is 10.2. The number of oxazole rings is 1. The molecular weight excluding hydrogens is 216 g/mol. The third-order valence-corrected chi connectivity index (χ3v) is 2.51. The van der Waals surface area contributed by atoms with Crippen LogP contribution in [0.2, 0.25) is 0 Å². The zero-order valence-electron chi connectivity index (χ0n) is 9.86. The van der Waals surface area contributed by atoms with Gasteiger partial charge in [-0.15, -0.1) is 0 Å². The molecule has 1 N–H and O–H groups in total. The van der Waals surface area contributed by atoms with Gasteiger partial charge in [0.25, 0.3) is 5.91 Å². The van der Waals surface area contributed by atoms with Crippen molar-refractivity contribution < 1.29 is 9.21 Å². The van der Waals surface area contributed by atoms with E-state index < -0.39 is 0 Å². The van der Waals surface area contributed by atoms with Gasteiger partial charge in [-0.25, -0.2) is 4.98 Å². The van der Waals surface area contributed by atoms with Crippen molar-refractivity contribution in [1.29, 1.82) is 0 Å². The first-order valence-corrected chi connectivity index (χ1v) is 5.43. The SMILES string of the molecule is Cc1nc(CNC(=O)c2ccccc2)oc1C. The number of hydrogen-bond acceptors (Lipinski definition) is 3. The first-order valence-electron chi connectivity index (χ1n) is 5.43. The number of benzene rings is 1. The molecule has 0 atom stereocenters. The summed E-state index contributed by atoms with van der Waals surface area (Å²) in [4.78, 5) is 15.9. The first-order chi connectivity index (χ1) is 8.16. The summed E-state index contributed by atoms with van der Waals surface area (Å²) >= 11 is 0. The summed E-state index contributed by atoms with van der Waals surface area (Å²) in [5.41, 5.74) is 1.49. The van der Waals surface area contributed by atoms with Crippen molar-refractivity contribution in [2.45, 2.75) is 20.4 Å². The van der Waals surface area contributed by atoms with Crippen molar-refractivity contribution in [3.63, 3.8) is 0 Å². The molecule has 0 aliphatic rings. The molecule has 2 aromatic rings. The van der Waals surface area contributed by atoms with Gasteiger partial charge >= 0.3 is 0 Å². The van der Waals surface area contributed by atoms with Crippen molar-refractivity contribution in [2.75, 3.05) is 0 Å². The minimum Gasteiger partial charge on any atom is -0.444 e. The number of amides is 1. The molecule has 1 aromatic heterocycles. The van der Waals surface area contributed by atoms with Crippen LogP contribution in [0.1, 0.15) is 27.7 Å². The van der Waals surface area contributed by atoms with Gasteiger partial charge in [-0.05, 0) is 26.0 Å². The maximum absolute atomic E-state index is 11.7. The Kier molecular flexibility index (Phi) is 3.23. The van der Waals surface area contributed by atoms with E-state index in [4.69, 9.17) is 4.42 Å². The van der Waals surface area contributed by atoms with Gasteiger partial charge in [-0.1, -0.05) is 18.2 Å². The van der Waals surface area contributed by atoms with Gasteiger partial charge in [0, 0.05) is 5.56 Å². The maximum Gasteiger partial charge on any atom is 0.251 e. The number of carbonyl (C=O) groups excluding carboxylic acids is 1. The van der Waals surface area contributed by atoms with Crippen molar-refractivity contribution >= 4 is 5.91 Å². The molecule has 0 saturated heterocycles.